The Morgan fingerprint density at radius 1 is 1.41 bits per heavy atom. The van der Waals surface area contributed by atoms with E-state index in [0.29, 0.717) is 13.0 Å². The van der Waals surface area contributed by atoms with E-state index in [9.17, 15) is 14.7 Å². The van der Waals surface area contributed by atoms with E-state index < -0.39 is 11.9 Å². The Morgan fingerprint density at radius 2 is 2.12 bits per heavy atom. The highest BCUT2D eigenvalue weighted by Crippen LogP contribution is 2.22. The second kappa shape index (κ2) is 6.22. The van der Waals surface area contributed by atoms with Gasteiger partial charge in [0.05, 0.1) is 0 Å². The van der Waals surface area contributed by atoms with Crippen molar-refractivity contribution in [3.05, 3.63) is 28.8 Å². The first-order valence-electron chi connectivity index (χ1n) is 4.98. The summed E-state index contributed by atoms with van der Waals surface area (Å²) in [5.74, 6) is -1.90. The first kappa shape index (κ1) is 13.5. The Bertz CT molecular complexity index is 433. The van der Waals surface area contributed by atoms with Crippen molar-refractivity contribution >= 4 is 23.5 Å². The van der Waals surface area contributed by atoms with Crippen LogP contribution in [0.3, 0.4) is 0 Å². The van der Waals surface area contributed by atoms with E-state index in [-0.39, 0.29) is 22.8 Å². The summed E-state index contributed by atoms with van der Waals surface area (Å²) in [7, 11) is 0. The summed E-state index contributed by atoms with van der Waals surface area (Å²) in [4.78, 5) is 22.6. The summed E-state index contributed by atoms with van der Waals surface area (Å²) < 4.78 is 4.52. The third kappa shape index (κ3) is 4.05. The fourth-order valence-corrected chi connectivity index (χ4v) is 1.30. The molecule has 92 valence electrons. The molecule has 5 nitrogen and oxygen atoms in total. The number of carbonyl (C=O) groups is 2. The summed E-state index contributed by atoms with van der Waals surface area (Å²) in [6.45, 7) is 0.343. The van der Waals surface area contributed by atoms with Gasteiger partial charge >= 0.3 is 11.9 Å². The lowest BCUT2D eigenvalue weighted by atomic mass is 10.2. The maximum atomic E-state index is 11.5. The lowest BCUT2D eigenvalue weighted by molar-refractivity contribution is -0.138. The predicted octanol–water partition coefficient (Wildman–Crippen LogP) is 1.47. The molecule has 0 heterocycles. The average Bonchev–Trinajstić information content (AvgIpc) is 2.26. The van der Waals surface area contributed by atoms with Crippen LogP contribution in [0, 0.1) is 0 Å². The van der Waals surface area contributed by atoms with Crippen LogP contribution in [-0.4, -0.2) is 23.6 Å². The molecule has 0 spiro atoms. The number of halogens is 1. The molecule has 0 aliphatic heterocycles. The fourth-order valence-electron chi connectivity index (χ4n) is 1.13. The van der Waals surface area contributed by atoms with Gasteiger partial charge in [0.2, 0.25) is 0 Å². The second-order valence-corrected chi connectivity index (χ2v) is 3.75. The summed E-state index contributed by atoms with van der Waals surface area (Å²) in [6.07, 6.45) is 0.509. The Labute approximate surface area is 103 Å². The van der Waals surface area contributed by atoms with Gasteiger partial charge < -0.3 is 15.6 Å². The fraction of sp³-hybridized carbons (Fsp3) is 0.273. The summed E-state index contributed by atoms with van der Waals surface area (Å²) in [5.41, 5.74) is 5.11. The number of carbonyl (C=O) groups excluding carboxylic acids is 2. The molecule has 0 bridgehead atoms. The van der Waals surface area contributed by atoms with Gasteiger partial charge in [-0.05, 0) is 31.2 Å². The number of rotatable bonds is 4. The number of aromatic hydroxyl groups is 1. The lowest BCUT2D eigenvalue weighted by Crippen LogP contribution is -2.14. The normalized spacial score (nSPS) is 10.0. The van der Waals surface area contributed by atoms with Crippen LogP contribution in [0.1, 0.15) is 23.2 Å². The topological polar surface area (TPSA) is 89.6 Å². The van der Waals surface area contributed by atoms with E-state index in [1.807, 2.05) is 0 Å². The Kier molecular flexibility index (Phi) is 4.93. The molecule has 3 N–H and O–H groups in total. The van der Waals surface area contributed by atoms with Crippen molar-refractivity contribution in [3.8, 4) is 5.75 Å². The molecule has 0 aliphatic rings. The minimum atomic E-state index is -0.902. The minimum absolute atomic E-state index is 0.0661. The van der Waals surface area contributed by atoms with Crippen LogP contribution < -0.4 is 5.73 Å². The molecule has 0 aromatic heterocycles. The van der Waals surface area contributed by atoms with Crippen LogP contribution in [0.4, 0.5) is 0 Å². The summed E-state index contributed by atoms with van der Waals surface area (Å²) >= 11 is 5.60. The van der Waals surface area contributed by atoms with Crippen molar-refractivity contribution in [2.24, 2.45) is 5.73 Å². The molecule has 0 amide bonds. The largest absolute Gasteiger partial charge is 0.507 e. The maximum absolute atomic E-state index is 11.5. The number of benzene rings is 1. The number of hydrogen-bond donors (Lipinski definition) is 2. The Hall–Kier alpha value is -1.59. The SMILES string of the molecule is NCCCC(=O)OC(=O)c1ccc(Cl)cc1O. The molecule has 1 rings (SSSR count). The smallest absolute Gasteiger partial charge is 0.349 e. The van der Waals surface area contributed by atoms with E-state index >= 15 is 0 Å². The Balaban J connectivity index is 2.67. The van der Waals surface area contributed by atoms with Gasteiger partial charge in [-0.3, -0.25) is 4.79 Å². The van der Waals surface area contributed by atoms with E-state index in [1.165, 1.54) is 18.2 Å². The van der Waals surface area contributed by atoms with Gasteiger partial charge in [-0.25, -0.2) is 4.79 Å². The first-order chi connectivity index (χ1) is 8.04. The monoisotopic (exact) mass is 257 g/mol. The van der Waals surface area contributed by atoms with E-state index in [0.717, 1.165) is 0 Å². The zero-order chi connectivity index (χ0) is 12.8. The van der Waals surface area contributed by atoms with Gasteiger partial charge in [0.1, 0.15) is 11.3 Å². The second-order valence-electron chi connectivity index (χ2n) is 3.32. The summed E-state index contributed by atoms with van der Waals surface area (Å²) in [5, 5.41) is 9.72. The van der Waals surface area contributed by atoms with Crippen molar-refractivity contribution in [2.45, 2.75) is 12.8 Å². The predicted molar refractivity (Wildman–Crippen MR) is 61.8 cm³/mol. The molecule has 1 aromatic carbocycles. The molecule has 0 saturated carbocycles. The van der Waals surface area contributed by atoms with Crippen molar-refractivity contribution in [1.29, 1.82) is 0 Å². The van der Waals surface area contributed by atoms with Gasteiger partial charge in [-0.1, -0.05) is 11.6 Å². The van der Waals surface area contributed by atoms with Crippen LogP contribution in [0.5, 0.6) is 5.75 Å². The number of hydrogen-bond acceptors (Lipinski definition) is 5. The molecule has 0 radical (unpaired) electrons. The van der Waals surface area contributed by atoms with Gasteiger partial charge in [0.15, 0.2) is 0 Å². The van der Waals surface area contributed by atoms with E-state index in [2.05, 4.69) is 4.74 Å². The third-order valence-corrected chi connectivity index (χ3v) is 2.21. The third-order valence-electron chi connectivity index (χ3n) is 1.97. The molecule has 0 fully saturated rings. The number of phenolic OH excluding ortho intramolecular Hbond substituents is 1. The van der Waals surface area contributed by atoms with Crippen molar-refractivity contribution in [1.82, 2.24) is 0 Å². The van der Waals surface area contributed by atoms with Crippen molar-refractivity contribution in [2.75, 3.05) is 6.54 Å². The van der Waals surface area contributed by atoms with Crippen LogP contribution in [0.15, 0.2) is 18.2 Å². The van der Waals surface area contributed by atoms with Crippen LogP contribution in [-0.2, 0) is 9.53 Å². The molecular weight excluding hydrogens is 246 g/mol. The van der Waals surface area contributed by atoms with Crippen LogP contribution in [0.2, 0.25) is 5.02 Å². The quantitative estimate of drug-likeness (QED) is 0.630. The average molecular weight is 258 g/mol. The number of ether oxygens (including phenoxy) is 1. The van der Waals surface area contributed by atoms with E-state index in [1.54, 1.807) is 0 Å². The van der Waals surface area contributed by atoms with E-state index in [4.69, 9.17) is 17.3 Å². The minimum Gasteiger partial charge on any atom is -0.507 e. The molecule has 0 atom stereocenters. The molecule has 0 unspecified atom stereocenters. The zero-order valence-corrected chi connectivity index (χ0v) is 9.74. The molecular formula is C11H12ClNO4. The standard InChI is InChI=1S/C11H12ClNO4/c12-7-3-4-8(9(14)6-7)11(16)17-10(15)2-1-5-13/h3-4,6,14H,1-2,5,13H2. The van der Waals surface area contributed by atoms with Gasteiger partial charge in [0.25, 0.3) is 0 Å². The number of esters is 2. The number of nitrogens with two attached hydrogens (primary N) is 1. The number of phenols is 1. The highest BCUT2D eigenvalue weighted by Gasteiger charge is 2.16. The Morgan fingerprint density at radius 3 is 2.71 bits per heavy atom. The molecule has 0 saturated heterocycles. The van der Waals surface area contributed by atoms with Crippen LogP contribution in [0.25, 0.3) is 0 Å². The lowest BCUT2D eigenvalue weighted by Gasteiger charge is -2.04. The first-order valence-corrected chi connectivity index (χ1v) is 5.36. The van der Waals surface area contributed by atoms with Crippen LogP contribution >= 0.6 is 11.6 Å². The maximum Gasteiger partial charge on any atom is 0.349 e. The van der Waals surface area contributed by atoms with Crippen molar-refractivity contribution in [3.63, 3.8) is 0 Å². The highest BCUT2D eigenvalue weighted by atomic mass is 35.5. The molecule has 0 aliphatic carbocycles. The molecule has 6 heteroatoms. The molecule has 1 aromatic rings. The highest BCUT2D eigenvalue weighted by molar-refractivity contribution is 6.30. The zero-order valence-electron chi connectivity index (χ0n) is 8.98. The molecule has 17 heavy (non-hydrogen) atoms. The van der Waals surface area contributed by atoms with Gasteiger partial charge in [-0.2, -0.15) is 0 Å². The summed E-state index contributed by atoms with van der Waals surface area (Å²) in [6, 6.07) is 3.90. The van der Waals surface area contributed by atoms with Gasteiger partial charge in [-0.15, -0.1) is 0 Å². The van der Waals surface area contributed by atoms with Crippen molar-refractivity contribution < 1.29 is 19.4 Å². The van der Waals surface area contributed by atoms with Gasteiger partial charge in [0, 0.05) is 11.4 Å².